The van der Waals surface area contributed by atoms with Crippen molar-refractivity contribution in [3.05, 3.63) is 0 Å². The molecule has 0 saturated carbocycles. The maximum atomic E-state index is 6.15. The van der Waals surface area contributed by atoms with Gasteiger partial charge in [-0.25, -0.2) is 0 Å². The van der Waals surface area contributed by atoms with E-state index in [4.69, 9.17) is 47.4 Å². The molecule has 3 aliphatic heterocycles. The van der Waals surface area contributed by atoms with Crippen LogP contribution in [0.1, 0.15) is 34.6 Å². The van der Waals surface area contributed by atoms with E-state index in [0.717, 1.165) is 0 Å². The minimum Gasteiger partial charge on any atom is -0.382 e. The van der Waals surface area contributed by atoms with Crippen LogP contribution in [0.5, 0.6) is 0 Å². The Kier molecular flexibility index (Phi) is 9.07. The molecule has 3 heterocycles. The lowest BCUT2D eigenvalue weighted by atomic mass is 10.1. The summed E-state index contributed by atoms with van der Waals surface area (Å²) < 4.78 is 57.4. The van der Waals surface area contributed by atoms with Gasteiger partial charge >= 0.3 is 0 Å². The van der Waals surface area contributed by atoms with Crippen molar-refractivity contribution in [2.75, 3.05) is 53.4 Å². The first kappa shape index (κ1) is 25.2. The van der Waals surface area contributed by atoms with Gasteiger partial charge in [-0.2, -0.15) is 0 Å². The molecule has 0 N–H and O–H groups in total. The third-order valence-corrected chi connectivity index (χ3v) is 5.15. The number of ether oxygens (including phenoxy) is 10. The maximum Gasteiger partial charge on any atom is 0.190 e. The van der Waals surface area contributed by atoms with Crippen molar-refractivity contribution in [3.63, 3.8) is 0 Å². The molecule has 10 nitrogen and oxygen atoms in total. The molecule has 0 aliphatic carbocycles. The Bertz CT molecular complexity index is 542. The highest BCUT2D eigenvalue weighted by atomic mass is 16.8. The van der Waals surface area contributed by atoms with E-state index in [1.807, 2.05) is 34.6 Å². The summed E-state index contributed by atoms with van der Waals surface area (Å²) in [5, 5.41) is 0. The monoisotopic (exact) mass is 450 g/mol. The van der Waals surface area contributed by atoms with Gasteiger partial charge in [0.2, 0.25) is 0 Å². The van der Waals surface area contributed by atoms with Gasteiger partial charge in [-0.3, -0.25) is 0 Å². The molecule has 3 saturated heterocycles. The number of methoxy groups -OCH3 is 1. The highest BCUT2D eigenvalue weighted by Gasteiger charge is 2.59. The number of hydrogen-bond donors (Lipinski definition) is 0. The summed E-state index contributed by atoms with van der Waals surface area (Å²) in [6.45, 7) is 12.8. The maximum absolute atomic E-state index is 6.15. The quantitative estimate of drug-likeness (QED) is 0.303. The largest absolute Gasteiger partial charge is 0.382 e. The number of hydrogen-bond acceptors (Lipinski definition) is 10. The molecular formula is C21H38O10. The van der Waals surface area contributed by atoms with Gasteiger partial charge in [-0.05, 0) is 34.6 Å². The van der Waals surface area contributed by atoms with Gasteiger partial charge in [0.1, 0.15) is 24.4 Å². The van der Waals surface area contributed by atoms with Crippen LogP contribution in [0, 0.1) is 0 Å². The van der Waals surface area contributed by atoms with Gasteiger partial charge < -0.3 is 47.4 Å². The molecule has 0 amide bonds. The Morgan fingerprint density at radius 1 is 0.806 bits per heavy atom. The molecule has 0 aromatic carbocycles. The molecule has 3 aliphatic rings. The smallest absolute Gasteiger partial charge is 0.190 e. The second-order valence-corrected chi connectivity index (χ2v) is 8.69. The van der Waals surface area contributed by atoms with E-state index >= 15 is 0 Å². The molecule has 3 fully saturated rings. The molecule has 0 aromatic heterocycles. The van der Waals surface area contributed by atoms with E-state index in [0.29, 0.717) is 46.2 Å². The second-order valence-electron chi connectivity index (χ2n) is 8.69. The van der Waals surface area contributed by atoms with Crippen molar-refractivity contribution in [2.24, 2.45) is 0 Å². The third kappa shape index (κ3) is 7.29. The number of fused-ring (bicyclic) bond motifs is 1. The Labute approximate surface area is 184 Å². The Morgan fingerprint density at radius 2 is 1.45 bits per heavy atom. The summed E-state index contributed by atoms with van der Waals surface area (Å²) in [6, 6.07) is 0. The van der Waals surface area contributed by atoms with E-state index in [9.17, 15) is 0 Å². The normalized spacial score (nSPS) is 34.8. The van der Waals surface area contributed by atoms with Crippen molar-refractivity contribution < 1.29 is 47.4 Å². The molecular weight excluding hydrogens is 412 g/mol. The summed E-state index contributed by atoms with van der Waals surface area (Å²) in [7, 11) is 1.64. The highest BCUT2D eigenvalue weighted by molar-refractivity contribution is 4.99. The van der Waals surface area contributed by atoms with Crippen molar-refractivity contribution in [1.82, 2.24) is 0 Å². The fraction of sp³-hybridized carbons (Fsp3) is 1.00. The average Bonchev–Trinajstić information content (AvgIpc) is 3.31. The lowest BCUT2D eigenvalue weighted by molar-refractivity contribution is -0.286. The van der Waals surface area contributed by atoms with Gasteiger partial charge in [0, 0.05) is 7.11 Å². The lowest BCUT2D eigenvalue weighted by Gasteiger charge is -2.27. The van der Waals surface area contributed by atoms with E-state index in [2.05, 4.69) is 0 Å². The van der Waals surface area contributed by atoms with Crippen LogP contribution in [0.25, 0.3) is 0 Å². The highest BCUT2D eigenvalue weighted by Crippen LogP contribution is 2.42. The van der Waals surface area contributed by atoms with Gasteiger partial charge in [-0.1, -0.05) is 0 Å². The van der Waals surface area contributed by atoms with E-state index in [1.54, 1.807) is 7.11 Å². The predicted octanol–water partition coefficient (Wildman–Crippen LogP) is 1.44. The van der Waals surface area contributed by atoms with Crippen LogP contribution < -0.4 is 0 Å². The minimum atomic E-state index is -0.725. The van der Waals surface area contributed by atoms with Crippen LogP contribution in [0.4, 0.5) is 0 Å². The Hall–Kier alpha value is -0.400. The fourth-order valence-corrected chi connectivity index (χ4v) is 3.84. The zero-order valence-corrected chi connectivity index (χ0v) is 19.5. The zero-order chi connectivity index (χ0) is 22.5. The predicted molar refractivity (Wildman–Crippen MR) is 107 cm³/mol. The van der Waals surface area contributed by atoms with Crippen LogP contribution in [0.15, 0.2) is 0 Å². The van der Waals surface area contributed by atoms with Gasteiger partial charge in [0.15, 0.2) is 24.2 Å². The summed E-state index contributed by atoms with van der Waals surface area (Å²) in [4.78, 5) is 0. The summed E-state index contributed by atoms with van der Waals surface area (Å²) >= 11 is 0. The zero-order valence-electron chi connectivity index (χ0n) is 19.5. The van der Waals surface area contributed by atoms with Crippen LogP contribution in [-0.4, -0.2) is 102 Å². The molecule has 10 heteroatoms. The molecule has 3 rings (SSSR count). The summed E-state index contributed by atoms with van der Waals surface area (Å²) in [5.74, 6) is -1.38. The molecule has 0 aromatic rings. The fourth-order valence-electron chi connectivity index (χ4n) is 3.84. The van der Waals surface area contributed by atoms with E-state index in [1.165, 1.54) is 0 Å². The summed E-state index contributed by atoms with van der Waals surface area (Å²) in [5.41, 5.74) is 0. The van der Waals surface area contributed by atoms with Crippen LogP contribution in [0.3, 0.4) is 0 Å². The van der Waals surface area contributed by atoms with E-state index < -0.39 is 24.2 Å². The SMILES string of the molecule is COCCOCCOCCOC(C)OC1O[C@H](C2COC(C)(C)O2)[C@@H]2OC(C)(C)O[C@H]12. The van der Waals surface area contributed by atoms with Crippen molar-refractivity contribution in [2.45, 2.75) is 83.2 Å². The Morgan fingerprint density at radius 3 is 2.10 bits per heavy atom. The van der Waals surface area contributed by atoms with Crippen molar-refractivity contribution in [1.29, 1.82) is 0 Å². The van der Waals surface area contributed by atoms with Gasteiger partial charge in [0.05, 0.1) is 46.2 Å². The van der Waals surface area contributed by atoms with Crippen molar-refractivity contribution >= 4 is 0 Å². The minimum absolute atomic E-state index is 0.260. The molecule has 3 unspecified atom stereocenters. The first-order valence-corrected chi connectivity index (χ1v) is 11.0. The van der Waals surface area contributed by atoms with E-state index in [-0.39, 0.29) is 24.4 Å². The first-order chi connectivity index (χ1) is 14.7. The molecule has 182 valence electrons. The van der Waals surface area contributed by atoms with Crippen LogP contribution in [0.2, 0.25) is 0 Å². The molecule has 31 heavy (non-hydrogen) atoms. The van der Waals surface area contributed by atoms with Gasteiger partial charge in [-0.15, -0.1) is 0 Å². The molecule has 0 bridgehead atoms. The number of rotatable bonds is 13. The van der Waals surface area contributed by atoms with Crippen LogP contribution in [-0.2, 0) is 47.4 Å². The molecule has 6 atom stereocenters. The summed E-state index contributed by atoms with van der Waals surface area (Å²) in [6.07, 6.45) is -2.43. The van der Waals surface area contributed by atoms with Crippen LogP contribution >= 0.6 is 0 Å². The second kappa shape index (κ2) is 11.1. The molecule has 0 spiro atoms. The van der Waals surface area contributed by atoms with Crippen molar-refractivity contribution in [3.8, 4) is 0 Å². The lowest BCUT2D eigenvalue weighted by Crippen LogP contribution is -2.40. The standard InChI is InChI=1S/C21H38O10/c1-14(25-12-11-24-10-9-23-8-7-22-6)27-19-18-17(30-21(4,5)31-18)16(28-19)15-13-26-20(2,3)29-15/h14-19H,7-13H2,1-6H3/t14?,15?,16-,17+,18+,19?/m1/s1. The third-order valence-electron chi connectivity index (χ3n) is 5.15. The topological polar surface area (TPSA) is 92.3 Å². The molecule has 0 radical (unpaired) electrons. The first-order valence-electron chi connectivity index (χ1n) is 11.0. The van der Waals surface area contributed by atoms with Gasteiger partial charge in [0.25, 0.3) is 0 Å². The Balaban J connectivity index is 1.40. The average molecular weight is 451 g/mol.